The van der Waals surface area contributed by atoms with Crippen molar-refractivity contribution in [2.75, 3.05) is 61.3 Å². The van der Waals surface area contributed by atoms with Gasteiger partial charge in [-0.3, -0.25) is 0 Å². The number of hydrogen-bond acceptors (Lipinski definition) is 8. The number of fused-ring (bicyclic) bond motifs is 1. The normalized spacial score (nSPS) is 19.8. The molecule has 0 radical (unpaired) electrons. The van der Waals surface area contributed by atoms with Crippen molar-refractivity contribution in [1.82, 2.24) is 14.9 Å². The standard InChI is InChI=1S/C30H37FN8/c1-7-32-29(28-20(3)15-33-30(36-28)39(6)27-17-37(4)16-24(27)31)35-23-10-9-22(19(2)12-23)13-21-8-11-26-25(14-21)34-18-38(26)5/h7-12,14-15,24,27,34-35H,3,13,16-18H2,1-2,4-6H3/b29-28-,32-7-. The fraction of sp³-hybridized carbons (Fsp3) is 0.367. The highest BCUT2D eigenvalue weighted by atomic mass is 19.1. The van der Waals surface area contributed by atoms with Gasteiger partial charge in [-0.15, -0.1) is 0 Å². The smallest absolute Gasteiger partial charge is 0.226 e. The number of aryl methyl sites for hydroxylation is 1. The maximum absolute atomic E-state index is 14.6. The van der Waals surface area contributed by atoms with Crippen molar-refractivity contribution in [3.8, 4) is 0 Å². The van der Waals surface area contributed by atoms with Crippen LogP contribution in [0, 0.1) is 6.92 Å². The lowest BCUT2D eigenvalue weighted by atomic mass is 9.99. The van der Waals surface area contributed by atoms with Crippen molar-refractivity contribution in [2.45, 2.75) is 32.5 Å². The summed E-state index contributed by atoms with van der Waals surface area (Å²) in [5.74, 6) is 1.02. The molecule has 2 N–H and O–H groups in total. The molecule has 0 spiro atoms. The summed E-state index contributed by atoms with van der Waals surface area (Å²) in [6, 6.07) is 12.7. The summed E-state index contributed by atoms with van der Waals surface area (Å²) in [7, 11) is 5.85. The van der Waals surface area contributed by atoms with Gasteiger partial charge in [-0.05, 0) is 68.3 Å². The maximum atomic E-state index is 14.6. The van der Waals surface area contributed by atoms with Gasteiger partial charge in [0.05, 0.1) is 24.1 Å². The van der Waals surface area contributed by atoms with Gasteiger partial charge in [0, 0.05) is 50.5 Å². The zero-order chi connectivity index (χ0) is 27.7. The molecule has 9 heteroatoms. The first kappa shape index (κ1) is 26.6. The molecule has 2 aliphatic rings. The van der Waals surface area contributed by atoms with E-state index in [1.807, 2.05) is 30.8 Å². The third-order valence-corrected chi connectivity index (χ3v) is 7.53. The van der Waals surface area contributed by atoms with Crippen LogP contribution in [-0.2, 0) is 6.42 Å². The van der Waals surface area contributed by atoms with Gasteiger partial charge in [-0.1, -0.05) is 18.7 Å². The summed E-state index contributed by atoms with van der Waals surface area (Å²) < 4.78 is 14.6. The highest BCUT2D eigenvalue weighted by Gasteiger charge is 2.34. The quantitative estimate of drug-likeness (QED) is 0.457. The predicted octanol–water partition coefficient (Wildman–Crippen LogP) is 2.96. The summed E-state index contributed by atoms with van der Waals surface area (Å²) in [6.07, 6.45) is 3.28. The molecular weight excluding hydrogens is 491 g/mol. The van der Waals surface area contributed by atoms with Gasteiger partial charge in [0.25, 0.3) is 0 Å². The summed E-state index contributed by atoms with van der Waals surface area (Å²) in [5.41, 5.74) is 7.04. The summed E-state index contributed by atoms with van der Waals surface area (Å²) in [5, 5.41) is 8.11. The fourth-order valence-corrected chi connectivity index (χ4v) is 5.28. The molecule has 2 atom stereocenters. The fourth-order valence-electron chi connectivity index (χ4n) is 5.28. The van der Waals surface area contributed by atoms with Crippen LogP contribution in [0.3, 0.4) is 0 Å². The van der Waals surface area contributed by atoms with Crippen molar-refractivity contribution in [2.24, 2.45) is 4.99 Å². The minimum absolute atomic E-state index is 0.304. The van der Waals surface area contributed by atoms with Gasteiger partial charge in [0.1, 0.15) is 11.5 Å². The Hall–Kier alpha value is -3.98. The Balaban J connectivity index is 1.40. The van der Waals surface area contributed by atoms with Gasteiger partial charge in [0.15, 0.2) is 5.82 Å². The first-order valence-electron chi connectivity index (χ1n) is 13.3. The lowest BCUT2D eigenvalue weighted by molar-refractivity contribution is 0.306. The van der Waals surface area contributed by atoms with Crippen LogP contribution in [0.25, 0.3) is 12.4 Å². The largest absolute Gasteiger partial charge is 0.366 e. The Morgan fingerprint density at radius 1 is 1.26 bits per heavy atom. The molecule has 1 saturated heterocycles. The number of rotatable bonds is 7. The number of nitrogens with zero attached hydrogens (tertiary/aromatic N) is 6. The van der Waals surface area contributed by atoms with Crippen molar-refractivity contribution >= 4 is 41.6 Å². The number of nitrogens with one attached hydrogen (secondary N) is 2. The summed E-state index contributed by atoms with van der Waals surface area (Å²) in [6.45, 7) is 9.98. The molecular formula is C30H37FN8. The molecule has 0 bridgehead atoms. The van der Waals surface area contributed by atoms with Crippen molar-refractivity contribution in [3.05, 3.63) is 69.9 Å². The van der Waals surface area contributed by atoms with E-state index in [2.05, 4.69) is 82.5 Å². The van der Waals surface area contributed by atoms with Crippen LogP contribution in [0.15, 0.2) is 47.6 Å². The van der Waals surface area contributed by atoms with E-state index < -0.39 is 6.17 Å². The molecule has 2 unspecified atom stereocenters. The highest BCUT2D eigenvalue weighted by molar-refractivity contribution is 5.75. The average molecular weight is 529 g/mol. The second-order valence-corrected chi connectivity index (χ2v) is 10.5. The lowest BCUT2D eigenvalue weighted by Crippen LogP contribution is -2.42. The molecule has 2 aromatic carbocycles. The molecule has 3 heterocycles. The SMILES string of the molecule is C=c1cnc(N(C)C2CN(C)CC2F)n/c1=C(/N=C\C)Nc1ccc(Cc2ccc3c(c2)NCN3C)c(C)c1. The van der Waals surface area contributed by atoms with Crippen LogP contribution in [0.5, 0.6) is 0 Å². The van der Waals surface area contributed by atoms with Crippen molar-refractivity contribution in [3.63, 3.8) is 0 Å². The Morgan fingerprint density at radius 3 is 2.79 bits per heavy atom. The van der Waals surface area contributed by atoms with E-state index in [-0.39, 0.29) is 6.04 Å². The topological polar surface area (TPSA) is 71.9 Å². The van der Waals surface area contributed by atoms with E-state index in [4.69, 9.17) is 4.98 Å². The zero-order valence-corrected chi connectivity index (χ0v) is 23.4. The van der Waals surface area contributed by atoms with E-state index in [1.165, 1.54) is 28.1 Å². The highest BCUT2D eigenvalue weighted by Crippen LogP contribution is 2.32. The molecule has 39 heavy (non-hydrogen) atoms. The predicted molar refractivity (Wildman–Crippen MR) is 160 cm³/mol. The maximum Gasteiger partial charge on any atom is 0.226 e. The van der Waals surface area contributed by atoms with Crippen molar-refractivity contribution in [1.29, 1.82) is 0 Å². The van der Waals surface area contributed by atoms with E-state index in [9.17, 15) is 4.39 Å². The summed E-state index contributed by atoms with van der Waals surface area (Å²) in [4.78, 5) is 19.8. The van der Waals surface area contributed by atoms with Gasteiger partial charge >= 0.3 is 0 Å². The monoisotopic (exact) mass is 528 g/mol. The first-order valence-corrected chi connectivity index (χ1v) is 13.3. The minimum Gasteiger partial charge on any atom is -0.366 e. The Kier molecular flexibility index (Phi) is 7.52. The lowest BCUT2D eigenvalue weighted by Gasteiger charge is -2.25. The Morgan fingerprint density at radius 2 is 2.08 bits per heavy atom. The van der Waals surface area contributed by atoms with Crippen LogP contribution in [-0.4, -0.2) is 74.2 Å². The summed E-state index contributed by atoms with van der Waals surface area (Å²) >= 11 is 0. The number of anilines is 4. The Labute approximate surface area is 229 Å². The molecule has 0 amide bonds. The second kappa shape index (κ2) is 11.0. The van der Waals surface area contributed by atoms with Crippen molar-refractivity contribution < 1.29 is 4.39 Å². The number of aliphatic imine (C=N–C) groups is 1. The first-order chi connectivity index (χ1) is 18.7. The number of likely N-dealkylation sites (tertiary alicyclic amines) is 1. The molecule has 0 aliphatic carbocycles. The molecule has 1 fully saturated rings. The molecule has 2 aliphatic heterocycles. The molecule has 3 aromatic rings. The van der Waals surface area contributed by atoms with Gasteiger partial charge < -0.3 is 25.3 Å². The zero-order valence-electron chi connectivity index (χ0n) is 23.4. The van der Waals surface area contributed by atoms with Gasteiger partial charge in [-0.25, -0.2) is 19.4 Å². The second-order valence-electron chi connectivity index (χ2n) is 10.5. The molecule has 0 saturated carbocycles. The minimum atomic E-state index is -0.961. The third kappa shape index (κ3) is 5.59. The van der Waals surface area contributed by atoms with Crippen LogP contribution < -0.4 is 31.0 Å². The van der Waals surface area contributed by atoms with E-state index in [0.717, 1.165) is 18.8 Å². The van der Waals surface area contributed by atoms with Gasteiger partial charge in [0.2, 0.25) is 5.95 Å². The van der Waals surface area contributed by atoms with E-state index in [1.54, 1.807) is 12.4 Å². The van der Waals surface area contributed by atoms with Crippen LogP contribution in [0.4, 0.5) is 27.4 Å². The number of hydrogen-bond donors (Lipinski definition) is 2. The Bertz CT molecular complexity index is 1500. The number of benzene rings is 2. The number of alkyl halides is 1. The van der Waals surface area contributed by atoms with Gasteiger partial charge in [-0.2, -0.15) is 0 Å². The van der Waals surface area contributed by atoms with Crippen LogP contribution in [0.2, 0.25) is 0 Å². The van der Waals surface area contributed by atoms with E-state index in [0.29, 0.717) is 35.4 Å². The number of likely N-dealkylation sites (N-methyl/N-ethyl adjacent to an activating group) is 2. The van der Waals surface area contributed by atoms with Crippen LogP contribution >= 0.6 is 0 Å². The van der Waals surface area contributed by atoms with E-state index >= 15 is 0 Å². The average Bonchev–Trinajstić information content (AvgIpc) is 3.45. The molecule has 204 valence electrons. The molecule has 8 nitrogen and oxygen atoms in total. The molecule has 5 rings (SSSR count). The molecule has 1 aromatic heterocycles. The van der Waals surface area contributed by atoms with Crippen LogP contribution in [0.1, 0.15) is 23.6 Å². The third-order valence-electron chi connectivity index (χ3n) is 7.53. The number of aromatic nitrogens is 2. The number of halogens is 1.